The summed E-state index contributed by atoms with van der Waals surface area (Å²) in [6.45, 7) is 2.11. The molecule has 2 aromatic carbocycles. The highest BCUT2D eigenvalue weighted by atomic mass is 16.5. The van der Waals surface area contributed by atoms with Gasteiger partial charge >= 0.3 is 12.0 Å². The van der Waals surface area contributed by atoms with Crippen LogP contribution in [0.3, 0.4) is 0 Å². The van der Waals surface area contributed by atoms with E-state index < -0.39 is 24.5 Å². The summed E-state index contributed by atoms with van der Waals surface area (Å²) < 4.78 is 21.6. The Hall–Kier alpha value is -3.75. The summed E-state index contributed by atoms with van der Waals surface area (Å²) in [5.41, 5.74) is 4.97. The fraction of sp³-hybridized carbons (Fsp3) is 0.250. The first-order valence-corrected chi connectivity index (χ1v) is 8.83. The van der Waals surface area contributed by atoms with Crippen molar-refractivity contribution in [2.75, 3.05) is 26.4 Å². The molecule has 2 aromatic rings. The molecule has 0 heterocycles. The third-order valence-electron chi connectivity index (χ3n) is 3.43. The molecule has 3 N–H and O–H groups in total. The highest BCUT2D eigenvalue weighted by Gasteiger charge is 2.15. The lowest BCUT2D eigenvalue weighted by Crippen LogP contribution is -2.37. The number of ether oxygens (including phenoxy) is 4. The number of nitrogens with two attached hydrogens (primary N) is 1. The first-order valence-electron chi connectivity index (χ1n) is 8.83. The van der Waals surface area contributed by atoms with Crippen LogP contribution < -0.4 is 25.3 Å². The van der Waals surface area contributed by atoms with Crippen LogP contribution in [0.1, 0.15) is 17.3 Å². The maximum absolute atomic E-state index is 12.1. The smallest absolute Gasteiger partial charge is 0.338 e. The standard InChI is InChI=1S/C20H22N2O7/c1-2-26-17-12-14(19(24)29-13-18(23)22-20(21)25)8-9-16(17)28-11-10-27-15-6-4-3-5-7-15/h3-9,12H,2,10-11,13H2,1H3,(H3,21,22,23,25). The Morgan fingerprint density at radius 1 is 0.931 bits per heavy atom. The van der Waals surface area contributed by atoms with E-state index >= 15 is 0 Å². The van der Waals surface area contributed by atoms with E-state index in [1.165, 1.54) is 12.1 Å². The summed E-state index contributed by atoms with van der Waals surface area (Å²) in [5, 5.41) is 1.80. The summed E-state index contributed by atoms with van der Waals surface area (Å²) in [6, 6.07) is 12.8. The highest BCUT2D eigenvalue weighted by molar-refractivity contribution is 5.96. The first kappa shape index (κ1) is 21.5. The zero-order valence-electron chi connectivity index (χ0n) is 15.9. The van der Waals surface area contributed by atoms with Crippen molar-refractivity contribution in [2.24, 2.45) is 5.73 Å². The third kappa shape index (κ3) is 7.41. The van der Waals surface area contributed by atoms with E-state index in [2.05, 4.69) is 0 Å². The highest BCUT2D eigenvalue weighted by Crippen LogP contribution is 2.29. The molecule has 0 atom stereocenters. The van der Waals surface area contributed by atoms with Gasteiger partial charge in [-0.05, 0) is 37.3 Å². The maximum Gasteiger partial charge on any atom is 0.338 e. The van der Waals surface area contributed by atoms with Crippen LogP contribution in [-0.4, -0.2) is 44.3 Å². The van der Waals surface area contributed by atoms with Crippen molar-refractivity contribution in [1.82, 2.24) is 5.32 Å². The molecule has 0 unspecified atom stereocenters. The molecule has 29 heavy (non-hydrogen) atoms. The van der Waals surface area contributed by atoms with Gasteiger partial charge in [0.25, 0.3) is 5.91 Å². The van der Waals surface area contributed by atoms with Gasteiger partial charge in [0.1, 0.15) is 19.0 Å². The number of primary amides is 1. The van der Waals surface area contributed by atoms with Gasteiger partial charge in [-0.1, -0.05) is 18.2 Å². The second kappa shape index (κ2) is 11.2. The second-order valence-corrected chi connectivity index (χ2v) is 5.59. The number of hydrogen-bond donors (Lipinski definition) is 2. The molecule has 0 radical (unpaired) electrons. The van der Waals surface area contributed by atoms with Gasteiger partial charge in [-0.3, -0.25) is 10.1 Å². The average molecular weight is 402 g/mol. The summed E-state index contributed by atoms with van der Waals surface area (Å²) in [4.78, 5) is 34.0. The Balaban J connectivity index is 1.91. The van der Waals surface area contributed by atoms with Crippen LogP contribution in [0.15, 0.2) is 48.5 Å². The molecule has 9 heteroatoms. The van der Waals surface area contributed by atoms with Gasteiger partial charge < -0.3 is 24.7 Å². The number of carbonyl (C=O) groups is 3. The van der Waals surface area contributed by atoms with E-state index in [1.54, 1.807) is 18.3 Å². The number of carbonyl (C=O) groups excluding carboxylic acids is 3. The lowest BCUT2D eigenvalue weighted by molar-refractivity contribution is -0.123. The van der Waals surface area contributed by atoms with Crippen molar-refractivity contribution in [3.63, 3.8) is 0 Å². The number of esters is 1. The fourth-order valence-electron chi connectivity index (χ4n) is 2.24. The number of nitrogens with one attached hydrogen (secondary N) is 1. The van der Waals surface area contributed by atoms with Crippen LogP contribution in [0.2, 0.25) is 0 Å². The monoisotopic (exact) mass is 402 g/mol. The quantitative estimate of drug-likeness (QED) is 0.459. The van der Waals surface area contributed by atoms with Crippen molar-refractivity contribution >= 4 is 17.9 Å². The van der Waals surface area contributed by atoms with Crippen LogP contribution >= 0.6 is 0 Å². The average Bonchev–Trinajstić information content (AvgIpc) is 2.70. The molecule has 0 fully saturated rings. The minimum atomic E-state index is -1.03. The predicted octanol–water partition coefficient (Wildman–Crippen LogP) is 1.89. The Bertz CT molecular complexity index is 840. The van der Waals surface area contributed by atoms with Gasteiger partial charge in [0, 0.05) is 0 Å². The molecule has 0 aliphatic heterocycles. The van der Waals surface area contributed by atoms with E-state index in [-0.39, 0.29) is 12.2 Å². The molecule has 0 spiro atoms. The predicted molar refractivity (Wildman–Crippen MR) is 103 cm³/mol. The summed E-state index contributed by atoms with van der Waals surface area (Å²) >= 11 is 0. The molecular weight excluding hydrogens is 380 g/mol. The second-order valence-electron chi connectivity index (χ2n) is 5.59. The molecule has 0 aliphatic rings. The number of benzene rings is 2. The molecule has 0 saturated heterocycles. The van der Waals surface area contributed by atoms with E-state index in [1.807, 2.05) is 30.3 Å². The van der Waals surface area contributed by atoms with Gasteiger partial charge in [0.2, 0.25) is 0 Å². The number of rotatable bonds is 10. The number of urea groups is 1. The Kier molecular flexibility index (Phi) is 8.30. The van der Waals surface area contributed by atoms with Crippen molar-refractivity contribution in [1.29, 1.82) is 0 Å². The Morgan fingerprint density at radius 2 is 1.66 bits per heavy atom. The van der Waals surface area contributed by atoms with E-state index in [0.717, 1.165) is 5.75 Å². The summed E-state index contributed by atoms with van der Waals surface area (Å²) in [7, 11) is 0. The van der Waals surface area contributed by atoms with Gasteiger partial charge in [-0.25, -0.2) is 9.59 Å². The van der Waals surface area contributed by atoms with E-state index in [0.29, 0.717) is 24.7 Å². The molecule has 154 valence electrons. The third-order valence-corrected chi connectivity index (χ3v) is 3.43. The van der Waals surface area contributed by atoms with Crippen LogP contribution in [-0.2, 0) is 9.53 Å². The van der Waals surface area contributed by atoms with E-state index in [9.17, 15) is 14.4 Å². The molecule has 3 amide bonds. The van der Waals surface area contributed by atoms with Crippen LogP contribution in [0.5, 0.6) is 17.2 Å². The molecule has 2 rings (SSSR count). The van der Waals surface area contributed by atoms with Crippen LogP contribution in [0.25, 0.3) is 0 Å². The Morgan fingerprint density at radius 3 is 2.34 bits per heavy atom. The van der Waals surface area contributed by atoms with Gasteiger partial charge in [-0.2, -0.15) is 0 Å². The largest absolute Gasteiger partial charge is 0.490 e. The zero-order chi connectivity index (χ0) is 21.1. The van der Waals surface area contributed by atoms with Crippen molar-refractivity contribution in [3.05, 3.63) is 54.1 Å². The SMILES string of the molecule is CCOc1cc(C(=O)OCC(=O)NC(N)=O)ccc1OCCOc1ccccc1. The fourth-order valence-corrected chi connectivity index (χ4v) is 2.24. The molecule has 0 saturated carbocycles. The lowest BCUT2D eigenvalue weighted by Gasteiger charge is -2.13. The van der Waals surface area contributed by atoms with Gasteiger partial charge in [0.05, 0.1) is 12.2 Å². The molecule has 0 bridgehead atoms. The van der Waals surface area contributed by atoms with E-state index in [4.69, 9.17) is 24.7 Å². The molecule has 0 aliphatic carbocycles. The van der Waals surface area contributed by atoms with Gasteiger partial charge in [0.15, 0.2) is 18.1 Å². The lowest BCUT2D eigenvalue weighted by atomic mass is 10.2. The maximum atomic E-state index is 12.1. The molecule has 9 nitrogen and oxygen atoms in total. The number of amides is 3. The number of imide groups is 1. The Labute approximate surface area is 167 Å². The van der Waals surface area contributed by atoms with Crippen LogP contribution in [0, 0.1) is 0 Å². The van der Waals surface area contributed by atoms with Crippen molar-refractivity contribution < 1.29 is 33.3 Å². The topological polar surface area (TPSA) is 126 Å². The summed E-state index contributed by atoms with van der Waals surface area (Å²) in [5.74, 6) is -0.0619. The first-order chi connectivity index (χ1) is 14.0. The molecule has 0 aromatic heterocycles. The van der Waals surface area contributed by atoms with Crippen molar-refractivity contribution in [2.45, 2.75) is 6.92 Å². The summed E-state index contributed by atoms with van der Waals surface area (Å²) in [6.07, 6.45) is 0. The van der Waals surface area contributed by atoms with Gasteiger partial charge in [-0.15, -0.1) is 0 Å². The minimum absolute atomic E-state index is 0.160. The number of hydrogen-bond acceptors (Lipinski definition) is 7. The normalized spacial score (nSPS) is 9.97. The minimum Gasteiger partial charge on any atom is -0.490 e. The number of para-hydroxylation sites is 1. The molecular formula is C20H22N2O7. The van der Waals surface area contributed by atoms with Crippen LogP contribution in [0.4, 0.5) is 4.79 Å². The zero-order valence-corrected chi connectivity index (χ0v) is 15.9. The van der Waals surface area contributed by atoms with Crippen molar-refractivity contribution in [3.8, 4) is 17.2 Å².